The number of rotatable bonds is 11. The van der Waals surface area contributed by atoms with E-state index in [1.807, 2.05) is 0 Å². The first kappa shape index (κ1) is 25.4. The molecular formula is C17H24N4O7S3. The van der Waals surface area contributed by atoms with Crippen molar-refractivity contribution < 1.29 is 34.8 Å². The Morgan fingerprint density at radius 1 is 1.06 bits per heavy atom. The summed E-state index contributed by atoms with van der Waals surface area (Å²) in [5.74, 6) is -3.50. The van der Waals surface area contributed by atoms with Crippen molar-refractivity contribution in [2.75, 3.05) is 29.1 Å². The lowest BCUT2D eigenvalue weighted by Crippen LogP contribution is -2.35. The van der Waals surface area contributed by atoms with Crippen LogP contribution in [-0.4, -0.2) is 80.3 Å². The van der Waals surface area contributed by atoms with Crippen LogP contribution in [0.2, 0.25) is 0 Å². The van der Waals surface area contributed by atoms with Crippen LogP contribution in [0.5, 0.6) is 5.75 Å². The quantitative estimate of drug-likeness (QED) is 0.149. The van der Waals surface area contributed by atoms with Gasteiger partial charge in [-0.1, -0.05) is 0 Å². The van der Waals surface area contributed by atoms with Crippen molar-refractivity contribution in [2.45, 2.75) is 39.2 Å². The molecule has 1 aromatic rings. The van der Waals surface area contributed by atoms with Crippen LogP contribution in [0, 0.1) is 0 Å². The largest absolute Gasteiger partial charge is 0.505 e. The number of fused-ring (bicyclic) bond motifs is 1. The molecule has 2 rings (SSSR count). The summed E-state index contributed by atoms with van der Waals surface area (Å²) in [6.45, 7) is 0.213. The number of anilines is 1. The average Bonchev–Trinajstić information content (AvgIpc) is 2.72. The monoisotopic (exact) mass is 492 g/mol. The molecule has 1 aliphatic rings. The second-order valence-corrected chi connectivity index (χ2v) is 9.68. The molecule has 14 heteroatoms. The molecule has 3 atom stereocenters. The number of carboxylic acid groups (broad SMARTS) is 3. The van der Waals surface area contributed by atoms with E-state index in [9.17, 15) is 24.6 Å². The number of hydrogen-bond acceptors (Lipinski definition) is 11. The third-order valence-corrected chi connectivity index (χ3v) is 8.13. The molecule has 0 amide bonds. The third-order valence-electron chi connectivity index (χ3n) is 4.29. The summed E-state index contributed by atoms with van der Waals surface area (Å²) in [6.07, 6.45) is 0.318. The number of hydrogen-bond donors (Lipinski definition) is 8. The Labute approximate surface area is 190 Å². The van der Waals surface area contributed by atoms with Crippen molar-refractivity contribution in [1.82, 2.24) is 0 Å². The SMILES string of the molecule is NCCc1c(SCC(N)C(=O)O)c(O)c2c(c1SCC(N)C(=O)O)SCC(C(=O)O)N2. The van der Waals surface area contributed by atoms with Crippen LogP contribution >= 0.6 is 35.3 Å². The maximum atomic E-state index is 11.4. The molecule has 31 heavy (non-hydrogen) atoms. The Balaban J connectivity index is 2.57. The molecule has 0 aromatic heterocycles. The number of aromatic hydroxyl groups is 1. The molecule has 0 spiro atoms. The predicted molar refractivity (Wildman–Crippen MR) is 119 cm³/mol. The Bertz CT molecular complexity index is 871. The molecule has 0 saturated heterocycles. The Morgan fingerprint density at radius 2 is 1.61 bits per heavy atom. The standard InChI is InChI=1S/C17H24N4O7S3/c18-2-1-6-12(29-3-7(19)15(23)24)11(22)10-14(31-5-9(21-10)17(27)28)13(6)30-4-8(20)16(25)26/h7-9,21-22H,1-5,18-20H2,(H,23,24)(H,25,26)(H,27,28). The maximum Gasteiger partial charge on any atom is 0.327 e. The van der Waals surface area contributed by atoms with Crippen LogP contribution in [0.3, 0.4) is 0 Å². The molecule has 1 heterocycles. The normalized spacial score (nSPS) is 17.3. The van der Waals surface area contributed by atoms with Gasteiger partial charge in [0.15, 0.2) is 5.75 Å². The average molecular weight is 493 g/mol. The fraction of sp³-hybridized carbons (Fsp3) is 0.471. The summed E-state index contributed by atoms with van der Waals surface area (Å²) in [7, 11) is 0. The van der Waals surface area contributed by atoms with Crippen LogP contribution in [-0.2, 0) is 20.8 Å². The molecule has 0 aliphatic carbocycles. The topological polar surface area (TPSA) is 222 Å². The van der Waals surface area contributed by atoms with Crippen molar-refractivity contribution in [3.8, 4) is 5.75 Å². The molecule has 0 bridgehead atoms. The molecule has 3 unspecified atom stereocenters. The van der Waals surface area contributed by atoms with E-state index in [-0.39, 0.29) is 35.2 Å². The van der Waals surface area contributed by atoms with Gasteiger partial charge in [0.25, 0.3) is 0 Å². The fourth-order valence-corrected chi connectivity index (χ4v) is 6.41. The van der Waals surface area contributed by atoms with Gasteiger partial charge in [-0.3, -0.25) is 9.59 Å². The second kappa shape index (κ2) is 11.2. The highest BCUT2D eigenvalue weighted by atomic mass is 32.2. The smallest absolute Gasteiger partial charge is 0.327 e. The first-order valence-electron chi connectivity index (χ1n) is 9.04. The Hall–Kier alpha value is -1.84. The van der Waals surface area contributed by atoms with Crippen LogP contribution < -0.4 is 22.5 Å². The molecule has 0 saturated carbocycles. The van der Waals surface area contributed by atoms with Gasteiger partial charge in [-0.2, -0.15) is 0 Å². The number of nitrogens with two attached hydrogens (primary N) is 3. The van der Waals surface area contributed by atoms with E-state index in [1.54, 1.807) is 0 Å². The van der Waals surface area contributed by atoms with Gasteiger partial charge in [0, 0.05) is 27.0 Å². The Kier molecular flexibility index (Phi) is 9.14. The molecule has 1 aliphatic heterocycles. The molecule has 11 N–H and O–H groups in total. The van der Waals surface area contributed by atoms with E-state index < -0.39 is 36.0 Å². The third kappa shape index (κ3) is 6.11. The van der Waals surface area contributed by atoms with Crippen molar-refractivity contribution in [3.63, 3.8) is 0 Å². The zero-order valence-corrected chi connectivity index (χ0v) is 18.7. The van der Waals surface area contributed by atoms with Gasteiger partial charge in [-0.25, -0.2) is 4.79 Å². The molecule has 1 aromatic carbocycles. The van der Waals surface area contributed by atoms with E-state index in [4.69, 9.17) is 27.4 Å². The van der Waals surface area contributed by atoms with Gasteiger partial charge in [-0.15, -0.1) is 35.3 Å². The lowest BCUT2D eigenvalue weighted by Gasteiger charge is -2.29. The van der Waals surface area contributed by atoms with Crippen LogP contribution in [0.4, 0.5) is 5.69 Å². The highest BCUT2D eigenvalue weighted by molar-refractivity contribution is 8.02. The van der Waals surface area contributed by atoms with Crippen molar-refractivity contribution in [1.29, 1.82) is 0 Å². The number of benzene rings is 1. The lowest BCUT2D eigenvalue weighted by molar-refractivity contribution is -0.138. The first-order chi connectivity index (χ1) is 14.6. The predicted octanol–water partition coefficient (Wildman–Crippen LogP) is -0.128. The van der Waals surface area contributed by atoms with Crippen molar-refractivity contribution in [3.05, 3.63) is 5.56 Å². The van der Waals surface area contributed by atoms with Crippen molar-refractivity contribution >= 4 is 58.9 Å². The van der Waals surface area contributed by atoms with Gasteiger partial charge >= 0.3 is 17.9 Å². The zero-order valence-electron chi connectivity index (χ0n) is 16.2. The number of phenols is 1. The highest BCUT2D eigenvalue weighted by Gasteiger charge is 2.32. The number of carboxylic acids is 3. The van der Waals surface area contributed by atoms with Gasteiger partial charge in [0.1, 0.15) is 18.1 Å². The number of thioether (sulfide) groups is 3. The number of nitrogens with one attached hydrogen (secondary N) is 1. The van der Waals surface area contributed by atoms with Crippen LogP contribution in [0.25, 0.3) is 0 Å². The van der Waals surface area contributed by atoms with Crippen LogP contribution in [0.1, 0.15) is 5.56 Å². The first-order valence-corrected chi connectivity index (χ1v) is 12.0. The minimum Gasteiger partial charge on any atom is -0.505 e. The van der Waals surface area contributed by atoms with E-state index in [0.717, 1.165) is 11.8 Å². The van der Waals surface area contributed by atoms with Crippen molar-refractivity contribution in [2.24, 2.45) is 17.2 Å². The lowest BCUT2D eigenvalue weighted by atomic mass is 10.1. The minimum atomic E-state index is -1.20. The minimum absolute atomic E-state index is 0.0335. The summed E-state index contributed by atoms with van der Waals surface area (Å²) in [4.78, 5) is 35.2. The second-order valence-electron chi connectivity index (χ2n) is 6.59. The molecule has 11 nitrogen and oxygen atoms in total. The highest BCUT2D eigenvalue weighted by Crippen LogP contribution is 2.52. The van der Waals surface area contributed by atoms with Gasteiger partial charge in [-0.05, 0) is 18.5 Å². The molecule has 0 fully saturated rings. The van der Waals surface area contributed by atoms with Crippen LogP contribution in [0.15, 0.2) is 14.7 Å². The summed E-state index contributed by atoms with van der Waals surface area (Å²) in [5, 5.41) is 41.3. The fourth-order valence-electron chi connectivity index (χ4n) is 2.67. The number of carbonyl (C=O) groups is 3. The summed E-state index contributed by atoms with van der Waals surface area (Å²) >= 11 is 3.41. The molecule has 172 valence electrons. The summed E-state index contributed by atoms with van der Waals surface area (Å²) < 4.78 is 0. The number of aliphatic carboxylic acids is 3. The van der Waals surface area contributed by atoms with E-state index in [0.29, 0.717) is 26.7 Å². The van der Waals surface area contributed by atoms with Gasteiger partial charge in [0.2, 0.25) is 0 Å². The van der Waals surface area contributed by atoms with E-state index >= 15 is 0 Å². The summed E-state index contributed by atoms with van der Waals surface area (Å²) in [5.41, 5.74) is 17.8. The molecular weight excluding hydrogens is 468 g/mol. The van der Waals surface area contributed by atoms with Gasteiger partial charge in [0.05, 0.1) is 10.6 Å². The van der Waals surface area contributed by atoms with E-state index in [2.05, 4.69) is 5.32 Å². The zero-order chi connectivity index (χ0) is 23.3. The summed E-state index contributed by atoms with van der Waals surface area (Å²) in [6, 6.07) is -3.26. The van der Waals surface area contributed by atoms with E-state index in [1.165, 1.54) is 23.5 Å². The maximum absolute atomic E-state index is 11.4. The van der Waals surface area contributed by atoms with Gasteiger partial charge < -0.3 is 42.9 Å². The molecule has 0 radical (unpaired) electrons. The number of phenolic OH excluding ortho intramolecular Hbond substituents is 1. The Morgan fingerprint density at radius 3 is 2.10 bits per heavy atom.